The predicted molar refractivity (Wildman–Crippen MR) is 87.9 cm³/mol. The monoisotopic (exact) mass is 358 g/mol. The number of carbonyl (C=O) groups is 2. The second kappa shape index (κ2) is 8.06. The number of hydrogen-bond acceptors (Lipinski definition) is 5. The highest BCUT2D eigenvalue weighted by atomic mass is 32.2. The lowest BCUT2D eigenvalue weighted by Gasteiger charge is -2.15. The van der Waals surface area contributed by atoms with Gasteiger partial charge in [0.1, 0.15) is 12.6 Å². The van der Waals surface area contributed by atoms with Gasteiger partial charge in [0.2, 0.25) is 21.8 Å². The van der Waals surface area contributed by atoms with Crippen molar-refractivity contribution in [1.29, 1.82) is 0 Å². The zero-order valence-electron chi connectivity index (χ0n) is 14.1. The Morgan fingerprint density at radius 3 is 2.46 bits per heavy atom. The molecule has 0 saturated heterocycles. The standard InChI is InChI=1S/C14H22N4O5S/c1-5-15-14(21)10(2)16-12(19)9-18-8-11(6-7-13(18)20)24(22,23)17(3)4/h6-8,10H,5,9H2,1-4H3,(H,15,21)(H,16,19)/t10-/m1/s1. The Bertz CT molecular complexity index is 770. The molecule has 2 amide bonds. The molecule has 0 aliphatic rings. The quantitative estimate of drug-likeness (QED) is 0.631. The lowest BCUT2D eigenvalue weighted by Crippen LogP contribution is -2.46. The van der Waals surface area contributed by atoms with E-state index in [2.05, 4.69) is 10.6 Å². The minimum absolute atomic E-state index is 0.100. The molecule has 0 fully saturated rings. The number of aromatic nitrogens is 1. The van der Waals surface area contributed by atoms with Crippen molar-refractivity contribution in [2.45, 2.75) is 31.3 Å². The number of sulfonamides is 1. The smallest absolute Gasteiger partial charge is 0.251 e. The van der Waals surface area contributed by atoms with E-state index in [0.29, 0.717) is 6.54 Å². The SMILES string of the molecule is CCNC(=O)[C@@H](C)NC(=O)Cn1cc(S(=O)(=O)N(C)C)ccc1=O. The Morgan fingerprint density at radius 2 is 1.92 bits per heavy atom. The number of likely N-dealkylation sites (N-methyl/N-ethyl adjacent to an activating group) is 1. The lowest BCUT2D eigenvalue weighted by molar-refractivity contribution is -0.128. The third kappa shape index (κ3) is 4.90. The fourth-order valence-electron chi connectivity index (χ4n) is 1.83. The molecule has 2 N–H and O–H groups in total. The van der Waals surface area contributed by atoms with Gasteiger partial charge in [0.05, 0.1) is 4.90 Å². The molecule has 0 unspecified atom stereocenters. The Balaban J connectivity index is 2.94. The van der Waals surface area contributed by atoms with Gasteiger partial charge in [-0.2, -0.15) is 0 Å². The van der Waals surface area contributed by atoms with E-state index < -0.39 is 27.5 Å². The zero-order valence-corrected chi connectivity index (χ0v) is 14.9. The summed E-state index contributed by atoms with van der Waals surface area (Å²) >= 11 is 0. The molecule has 1 aromatic heterocycles. The molecule has 0 aliphatic heterocycles. The van der Waals surface area contributed by atoms with Crippen LogP contribution in [0.25, 0.3) is 0 Å². The summed E-state index contributed by atoms with van der Waals surface area (Å²) in [6.07, 6.45) is 1.11. The molecular formula is C14H22N4O5S. The van der Waals surface area contributed by atoms with Crippen LogP contribution < -0.4 is 16.2 Å². The van der Waals surface area contributed by atoms with Crippen molar-refractivity contribution in [3.05, 3.63) is 28.7 Å². The lowest BCUT2D eigenvalue weighted by atomic mass is 10.3. The van der Waals surface area contributed by atoms with Crippen molar-refractivity contribution in [3.8, 4) is 0 Å². The van der Waals surface area contributed by atoms with Crippen LogP contribution >= 0.6 is 0 Å². The van der Waals surface area contributed by atoms with Gasteiger partial charge in [-0.25, -0.2) is 12.7 Å². The number of amides is 2. The van der Waals surface area contributed by atoms with Gasteiger partial charge in [-0.05, 0) is 19.9 Å². The number of nitrogens with zero attached hydrogens (tertiary/aromatic N) is 2. The molecule has 10 heteroatoms. The van der Waals surface area contributed by atoms with Crippen LogP contribution in [0.3, 0.4) is 0 Å². The average molecular weight is 358 g/mol. The minimum Gasteiger partial charge on any atom is -0.355 e. The molecule has 0 bridgehead atoms. The second-order valence-electron chi connectivity index (χ2n) is 5.30. The summed E-state index contributed by atoms with van der Waals surface area (Å²) in [5.74, 6) is -0.919. The third-order valence-corrected chi connectivity index (χ3v) is 4.97. The molecular weight excluding hydrogens is 336 g/mol. The fourth-order valence-corrected chi connectivity index (χ4v) is 2.75. The fraction of sp³-hybridized carbons (Fsp3) is 0.500. The molecule has 1 heterocycles. The van der Waals surface area contributed by atoms with E-state index in [0.717, 1.165) is 21.1 Å². The molecule has 1 atom stereocenters. The van der Waals surface area contributed by atoms with Crippen LogP contribution in [0.4, 0.5) is 0 Å². The first kappa shape index (κ1) is 19.8. The highest BCUT2D eigenvalue weighted by Crippen LogP contribution is 2.10. The van der Waals surface area contributed by atoms with Gasteiger partial charge in [0, 0.05) is 32.9 Å². The molecule has 0 saturated carbocycles. The topological polar surface area (TPSA) is 118 Å². The van der Waals surface area contributed by atoms with Crippen molar-refractivity contribution in [2.24, 2.45) is 0 Å². The van der Waals surface area contributed by atoms with Gasteiger partial charge in [0.15, 0.2) is 0 Å². The highest BCUT2D eigenvalue weighted by Gasteiger charge is 2.19. The average Bonchev–Trinajstić information content (AvgIpc) is 2.49. The van der Waals surface area contributed by atoms with Crippen molar-refractivity contribution in [1.82, 2.24) is 19.5 Å². The van der Waals surface area contributed by atoms with Crippen molar-refractivity contribution in [2.75, 3.05) is 20.6 Å². The van der Waals surface area contributed by atoms with Crippen molar-refractivity contribution in [3.63, 3.8) is 0 Å². The first-order valence-electron chi connectivity index (χ1n) is 7.29. The summed E-state index contributed by atoms with van der Waals surface area (Å²) < 4.78 is 26.1. The number of rotatable bonds is 7. The molecule has 0 aliphatic carbocycles. The van der Waals surface area contributed by atoms with Gasteiger partial charge >= 0.3 is 0 Å². The van der Waals surface area contributed by atoms with Gasteiger partial charge in [-0.3, -0.25) is 14.4 Å². The summed E-state index contributed by atoms with van der Waals surface area (Å²) in [5, 5.41) is 5.01. The second-order valence-corrected chi connectivity index (χ2v) is 7.45. The van der Waals surface area contributed by atoms with Crippen LogP contribution in [0.5, 0.6) is 0 Å². The third-order valence-electron chi connectivity index (χ3n) is 3.17. The van der Waals surface area contributed by atoms with E-state index in [4.69, 9.17) is 0 Å². The maximum atomic E-state index is 12.1. The molecule has 0 aromatic carbocycles. The first-order valence-corrected chi connectivity index (χ1v) is 8.73. The normalized spacial score (nSPS) is 12.7. The summed E-state index contributed by atoms with van der Waals surface area (Å²) in [4.78, 5) is 35.3. The molecule has 0 radical (unpaired) electrons. The zero-order chi connectivity index (χ0) is 18.5. The molecule has 134 valence electrons. The number of hydrogen-bond donors (Lipinski definition) is 2. The Morgan fingerprint density at radius 1 is 1.29 bits per heavy atom. The Kier molecular flexibility index (Phi) is 6.67. The summed E-state index contributed by atoms with van der Waals surface area (Å²) in [5.41, 5.74) is -0.520. The maximum absolute atomic E-state index is 12.1. The van der Waals surface area contributed by atoms with Gasteiger partial charge in [0.25, 0.3) is 5.56 Å². The minimum atomic E-state index is -3.72. The van der Waals surface area contributed by atoms with Crippen LogP contribution in [0.1, 0.15) is 13.8 Å². The molecule has 0 spiro atoms. The molecule has 24 heavy (non-hydrogen) atoms. The van der Waals surface area contributed by atoms with E-state index in [1.165, 1.54) is 27.1 Å². The van der Waals surface area contributed by atoms with E-state index >= 15 is 0 Å². The molecule has 9 nitrogen and oxygen atoms in total. The summed E-state index contributed by atoms with van der Waals surface area (Å²) in [6, 6.07) is 1.50. The first-order chi connectivity index (χ1) is 11.1. The van der Waals surface area contributed by atoms with E-state index in [-0.39, 0.29) is 17.3 Å². The number of pyridine rings is 1. The molecule has 1 rings (SSSR count). The van der Waals surface area contributed by atoms with Gasteiger partial charge in [-0.15, -0.1) is 0 Å². The maximum Gasteiger partial charge on any atom is 0.251 e. The van der Waals surface area contributed by atoms with E-state index in [1.807, 2.05) is 0 Å². The largest absolute Gasteiger partial charge is 0.355 e. The van der Waals surface area contributed by atoms with Crippen molar-refractivity contribution < 1.29 is 18.0 Å². The van der Waals surface area contributed by atoms with Crippen molar-refractivity contribution >= 4 is 21.8 Å². The van der Waals surface area contributed by atoms with Crippen LogP contribution in [0, 0.1) is 0 Å². The summed E-state index contributed by atoms with van der Waals surface area (Å²) in [6.45, 7) is 3.31. The Labute approximate surface area is 140 Å². The van der Waals surface area contributed by atoms with Crippen LogP contribution in [0.2, 0.25) is 0 Å². The van der Waals surface area contributed by atoms with Gasteiger partial charge in [-0.1, -0.05) is 0 Å². The number of carbonyl (C=O) groups excluding carboxylic acids is 2. The van der Waals surface area contributed by atoms with Crippen LogP contribution in [0.15, 0.2) is 28.0 Å². The highest BCUT2D eigenvalue weighted by molar-refractivity contribution is 7.89. The Hall–Kier alpha value is -2.20. The van der Waals surface area contributed by atoms with E-state index in [1.54, 1.807) is 6.92 Å². The molecule has 1 aromatic rings. The summed E-state index contributed by atoms with van der Waals surface area (Å²) in [7, 11) is -0.985. The van der Waals surface area contributed by atoms with E-state index in [9.17, 15) is 22.8 Å². The van der Waals surface area contributed by atoms with Crippen LogP contribution in [-0.2, 0) is 26.2 Å². The van der Waals surface area contributed by atoms with Crippen LogP contribution in [-0.4, -0.2) is 55.8 Å². The number of nitrogens with one attached hydrogen (secondary N) is 2. The van der Waals surface area contributed by atoms with Gasteiger partial charge < -0.3 is 15.2 Å². The predicted octanol–water partition coefficient (Wildman–Crippen LogP) is -1.26.